The van der Waals surface area contributed by atoms with Crippen molar-refractivity contribution in [1.29, 1.82) is 0 Å². The molecular formula is C13H16N4O. The molecule has 0 aliphatic heterocycles. The van der Waals surface area contributed by atoms with E-state index in [0.29, 0.717) is 5.69 Å². The Morgan fingerprint density at radius 3 is 2.56 bits per heavy atom. The van der Waals surface area contributed by atoms with Crippen LogP contribution >= 0.6 is 0 Å². The van der Waals surface area contributed by atoms with Crippen molar-refractivity contribution < 1.29 is 5.11 Å². The zero-order valence-electron chi connectivity index (χ0n) is 10.2. The minimum absolute atomic E-state index is 0.0593. The molecule has 1 unspecified atom stereocenters. The van der Waals surface area contributed by atoms with E-state index in [-0.39, 0.29) is 12.6 Å². The van der Waals surface area contributed by atoms with Crippen molar-refractivity contribution in [2.45, 2.75) is 26.0 Å². The number of aliphatic hydroxyl groups excluding tert-OH is 1. The van der Waals surface area contributed by atoms with Crippen molar-refractivity contribution in [2.24, 2.45) is 5.73 Å². The van der Waals surface area contributed by atoms with Gasteiger partial charge in [-0.2, -0.15) is 10.2 Å². The van der Waals surface area contributed by atoms with Crippen molar-refractivity contribution >= 4 is 0 Å². The highest BCUT2D eigenvalue weighted by Crippen LogP contribution is 2.17. The van der Waals surface area contributed by atoms with Crippen molar-refractivity contribution in [1.82, 2.24) is 15.2 Å². The van der Waals surface area contributed by atoms with Gasteiger partial charge in [0.1, 0.15) is 0 Å². The monoisotopic (exact) mass is 244 g/mol. The molecule has 0 radical (unpaired) electrons. The lowest BCUT2D eigenvalue weighted by molar-refractivity contribution is 0.277. The number of hydrogen-bond donors (Lipinski definition) is 2. The van der Waals surface area contributed by atoms with Crippen molar-refractivity contribution in [3.05, 3.63) is 41.9 Å². The summed E-state index contributed by atoms with van der Waals surface area (Å²) in [6.07, 6.45) is 2.51. The Labute approximate surface area is 106 Å². The number of aromatic nitrogens is 3. The van der Waals surface area contributed by atoms with Crippen LogP contribution in [-0.4, -0.2) is 20.3 Å². The molecule has 18 heavy (non-hydrogen) atoms. The van der Waals surface area contributed by atoms with Gasteiger partial charge in [0.05, 0.1) is 23.7 Å². The largest absolute Gasteiger partial charge is 0.390 e. The molecule has 0 saturated heterocycles. The Hall–Kier alpha value is -1.85. The lowest BCUT2D eigenvalue weighted by Crippen LogP contribution is -2.11. The molecule has 5 nitrogen and oxygen atoms in total. The second-order valence-electron chi connectivity index (χ2n) is 4.05. The van der Waals surface area contributed by atoms with E-state index in [4.69, 9.17) is 10.8 Å². The molecule has 0 fully saturated rings. The Bertz CT molecular complexity index is 495. The van der Waals surface area contributed by atoms with E-state index in [0.717, 1.165) is 23.4 Å². The smallest absolute Gasteiger partial charge is 0.0945 e. The van der Waals surface area contributed by atoms with Gasteiger partial charge in [-0.05, 0) is 30.7 Å². The summed E-state index contributed by atoms with van der Waals surface area (Å²) in [6, 6.07) is 7.33. The fourth-order valence-electron chi connectivity index (χ4n) is 1.57. The SMILES string of the molecule is CCC(N)c1ccc(-c2ccc(CO)nc2)nn1. The topological polar surface area (TPSA) is 84.9 Å². The van der Waals surface area contributed by atoms with E-state index in [1.807, 2.05) is 25.1 Å². The lowest BCUT2D eigenvalue weighted by atomic mass is 10.1. The van der Waals surface area contributed by atoms with Gasteiger partial charge in [-0.3, -0.25) is 4.98 Å². The minimum atomic E-state index is -0.0681. The van der Waals surface area contributed by atoms with E-state index in [1.165, 1.54) is 0 Å². The van der Waals surface area contributed by atoms with Gasteiger partial charge in [0.15, 0.2) is 0 Å². The number of aliphatic hydroxyl groups is 1. The van der Waals surface area contributed by atoms with Crippen molar-refractivity contribution in [2.75, 3.05) is 0 Å². The van der Waals surface area contributed by atoms with E-state index >= 15 is 0 Å². The van der Waals surface area contributed by atoms with Gasteiger partial charge in [-0.1, -0.05) is 6.92 Å². The van der Waals surface area contributed by atoms with Crippen LogP contribution in [0.15, 0.2) is 30.5 Å². The molecule has 2 aromatic heterocycles. The summed E-state index contributed by atoms with van der Waals surface area (Å²) >= 11 is 0. The number of nitrogens with zero attached hydrogens (tertiary/aromatic N) is 3. The van der Waals surface area contributed by atoms with Crippen LogP contribution in [0, 0.1) is 0 Å². The van der Waals surface area contributed by atoms with Crippen LogP contribution in [0.5, 0.6) is 0 Å². The van der Waals surface area contributed by atoms with Gasteiger partial charge in [0, 0.05) is 17.8 Å². The maximum Gasteiger partial charge on any atom is 0.0945 e. The second-order valence-corrected chi connectivity index (χ2v) is 4.05. The van der Waals surface area contributed by atoms with Crippen molar-refractivity contribution in [3.8, 4) is 11.3 Å². The molecule has 2 rings (SSSR count). The van der Waals surface area contributed by atoms with Gasteiger partial charge < -0.3 is 10.8 Å². The van der Waals surface area contributed by atoms with Crippen LogP contribution in [0.3, 0.4) is 0 Å². The molecule has 0 bridgehead atoms. The summed E-state index contributed by atoms with van der Waals surface area (Å²) in [6.45, 7) is 1.95. The maximum atomic E-state index is 8.92. The zero-order valence-corrected chi connectivity index (χ0v) is 10.2. The molecule has 94 valence electrons. The normalized spacial score (nSPS) is 12.4. The van der Waals surface area contributed by atoms with Crippen LogP contribution in [0.2, 0.25) is 0 Å². The third kappa shape index (κ3) is 2.69. The van der Waals surface area contributed by atoms with Crippen LogP contribution < -0.4 is 5.73 Å². The van der Waals surface area contributed by atoms with E-state index in [2.05, 4.69) is 15.2 Å². The van der Waals surface area contributed by atoms with Crippen molar-refractivity contribution in [3.63, 3.8) is 0 Å². The summed E-state index contributed by atoms with van der Waals surface area (Å²) in [5, 5.41) is 17.2. The zero-order chi connectivity index (χ0) is 13.0. The third-order valence-electron chi connectivity index (χ3n) is 2.79. The quantitative estimate of drug-likeness (QED) is 0.850. The number of pyridine rings is 1. The van der Waals surface area contributed by atoms with E-state index in [9.17, 15) is 0 Å². The summed E-state index contributed by atoms with van der Waals surface area (Å²) in [4.78, 5) is 4.10. The molecule has 2 heterocycles. The predicted molar refractivity (Wildman–Crippen MR) is 68.4 cm³/mol. The Balaban J connectivity index is 2.22. The van der Waals surface area contributed by atoms with Crippen LogP contribution in [0.25, 0.3) is 11.3 Å². The minimum Gasteiger partial charge on any atom is -0.390 e. The van der Waals surface area contributed by atoms with E-state index in [1.54, 1.807) is 12.3 Å². The standard InChI is InChI=1S/C13H16N4O/c1-2-11(14)13-6-5-12(16-17-13)9-3-4-10(8-18)15-7-9/h3-7,11,18H,2,8,14H2,1H3. The number of hydrogen-bond acceptors (Lipinski definition) is 5. The number of nitrogens with two attached hydrogens (primary N) is 1. The first kappa shape index (κ1) is 12.6. The van der Waals surface area contributed by atoms with Gasteiger partial charge in [0.2, 0.25) is 0 Å². The van der Waals surface area contributed by atoms with Crippen LogP contribution in [-0.2, 0) is 6.61 Å². The van der Waals surface area contributed by atoms with Crippen LogP contribution in [0.4, 0.5) is 0 Å². The molecule has 1 atom stereocenters. The highest BCUT2D eigenvalue weighted by Gasteiger charge is 2.06. The van der Waals surface area contributed by atoms with Crippen LogP contribution in [0.1, 0.15) is 30.8 Å². The fraction of sp³-hybridized carbons (Fsp3) is 0.308. The van der Waals surface area contributed by atoms with Gasteiger partial charge >= 0.3 is 0 Å². The highest BCUT2D eigenvalue weighted by atomic mass is 16.3. The first-order valence-corrected chi connectivity index (χ1v) is 5.90. The first-order valence-electron chi connectivity index (χ1n) is 5.90. The molecule has 3 N–H and O–H groups in total. The third-order valence-corrected chi connectivity index (χ3v) is 2.79. The maximum absolute atomic E-state index is 8.92. The number of rotatable bonds is 4. The molecular weight excluding hydrogens is 228 g/mol. The average Bonchev–Trinajstić information content (AvgIpc) is 2.47. The first-order chi connectivity index (χ1) is 8.74. The summed E-state index contributed by atoms with van der Waals surface area (Å²) in [5.74, 6) is 0. The Morgan fingerprint density at radius 2 is 2.06 bits per heavy atom. The molecule has 0 aromatic carbocycles. The molecule has 0 spiro atoms. The molecule has 0 aliphatic carbocycles. The highest BCUT2D eigenvalue weighted by molar-refractivity contribution is 5.57. The molecule has 2 aromatic rings. The molecule has 0 amide bonds. The molecule has 0 aliphatic rings. The average molecular weight is 244 g/mol. The van der Waals surface area contributed by atoms with Gasteiger partial charge in [0.25, 0.3) is 0 Å². The van der Waals surface area contributed by atoms with Gasteiger partial charge in [-0.15, -0.1) is 0 Å². The summed E-state index contributed by atoms with van der Waals surface area (Å²) in [5.41, 5.74) is 8.93. The Kier molecular flexibility index (Phi) is 3.96. The van der Waals surface area contributed by atoms with E-state index < -0.39 is 0 Å². The fourth-order valence-corrected chi connectivity index (χ4v) is 1.57. The van der Waals surface area contributed by atoms with Gasteiger partial charge in [-0.25, -0.2) is 0 Å². The summed E-state index contributed by atoms with van der Waals surface area (Å²) < 4.78 is 0. The summed E-state index contributed by atoms with van der Waals surface area (Å²) in [7, 11) is 0. The molecule has 0 saturated carbocycles. The Morgan fingerprint density at radius 1 is 1.22 bits per heavy atom. The lowest BCUT2D eigenvalue weighted by Gasteiger charge is -2.07. The second kappa shape index (κ2) is 5.66. The molecule has 5 heteroatoms. The predicted octanol–water partition coefficient (Wildman–Crippen LogP) is 1.44.